The first kappa shape index (κ1) is 11.9. The van der Waals surface area contributed by atoms with Crippen molar-refractivity contribution in [2.45, 2.75) is 6.18 Å². The van der Waals surface area contributed by atoms with Crippen LogP contribution in [0.5, 0.6) is 0 Å². The predicted molar refractivity (Wildman–Crippen MR) is 57.5 cm³/mol. The van der Waals surface area contributed by atoms with Gasteiger partial charge in [-0.05, 0) is 23.2 Å². The lowest BCUT2D eigenvalue weighted by molar-refractivity contribution is -0.137. The Kier molecular flexibility index (Phi) is 3.02. The lowest BCUT2D eigenvalue weighted by atomic mass is 10.0. The van der Waals surface area contributed by atoms with Gasteiger partial charge in [-0.25, -0.2) is 9.97 Å². The van der Waals surface area contributed by atoms with Crippen LogP contribution in [0.2, 0.25) is 5.28 Å². The Labute approximate surface area is 100 Å². The smallest absolute Gasteiger partial charge is 0.226 e. The van der Waals surface area contributed by atoms with Crippen LogP contribution in [-0.4, -0.2) is 9.97 Å². The van der Waals surface area contributed by atoms with Gasteiger partial charge in [0.15, 0.2) is 0 Å². The van der Waals surface area contributed by atoms with Gasteiger partial charge in [0, 0.05) is 18.0 Å². The molecule has 1 aromatic carbocycles. The summed E-state index contributed by atoms with van der Waals surface area (Å²) in [4.78, 5) is 7.33. The molecule has 0 saturated carbocycles. The zero-order chi connectivity index (χ0) is 12.5. The Morgan fingerprint density at radius 2 is 1.59 bits per heavy atom. The predicted octanol–water partition coefficient (Wildman–Crippen LogP) is 3.82. The molecule has 2 nitrogen and oxygen atoms in total. The molecule has 0 amide bonds. The standard InChI is InChI=1S/C11H6ClF3N2/c12-10-16-5-7(6-17-10)8-3-1-2-4-9(8)11(13,14)15/h1-6H. The monoisotopic (exact) mass is 258 g/mol. The van der Waals surface area contributed by atoms with Gasteiger partial charge in [0.2, 0.25) is 5.28 Å². The molecule has 1 heterocycles. The van der Waals surface area contributed by atoms with Gasteiger partial charge < -0.3 is 0 Å². The Morgan fingerprint density at radius 3 is 2.18 bits per heavy atom. The number of hydrogen-bond donors (Lipinski definition) is 0. The van der Waals surface area contributed by atoms with Crippen molar-refractivity contribution < 1.29 is 13.2 Å². The van der Waals surface area contributed by atoms with Crippen LogP contribution in [0.15, 0.2) is 36.7 Å². The zero-order valence-corrected chi connectivity index (χ0v) is 9.13. The van der Waals surface area contributed by atoms with Crippen LogP contribution in [0.3, 0.4) is 0 Å². The summed E-state index contributed by atoms with van der Waals surface area (Å²) in [5, 5.41) is -0.00163. The largest absolute Gasteiger partial charge is 0.417 e. The molecular formula is C11H6ClF3N2. The van der Waals surface area contributed by atoms with E-state index in [1.54, 1.807) is 0 Å². The van der Waals surface area contributed by atoms with Crippen LogP contribution >= 0.6 is 11.6 Å². The first-order valence-corrected chi connectivity index (χ1v) is 5.00. The van der Waals surface area contributed by atoms with Crippen molar-refractivity contribution in [2.24, 2.45) is 0 Å². The SMILES string of the molecule is FC(F)(F)c1ccccc1-c1cnc(Cl)nc1. The number of rotatable bonds is 1. The first-order chi connectivity index (χ1) is 7.98. The number of alkyl halides is 3. The van der Waals surface area contributed by atoms with Crippen molar-refractivity contribution >= 4 is 11.6 Å². The van der Waals surface area contributed by atoms with Gasteiger partial charge in [-0.2, -0.15) is 13.2 Å². The van der Waals surface area contributed by atoms with E-state index in [1.165, 1.54) is 30.6 Å². The van der Waals surface area contributed by atoms with Crippen molar-refractivity contribution in [1.29, 1.82) is 0 Å². The van der Waals surface area contributed by atoms with Crippen molar-refractivity contribution in [3.05, 3.63) is 47.5 Å². The second-order valence-electron chi connectivity index (χ2n) is 3.28. The highest BCUT2D eigenvalue weighted by atomic mass is 35.5. The number of benzene rings is 1. The minimum absolute atomic E-state index is 0.00163. The second-order valence-corrected chi connectivity index (χ2v) is 3.62. The molecule has 0 N–H and O–H groups in total. The van der Waals surface area contributed by atoms with Crippen LogP contribution in [-0.2, 0) is 6.18 Å². The van der Waals surface area contributed by atoms with E-state index < -0.39 is 11.7 Å². The summed E-state index contributed by atoms with van der Waals surface area (Å²) in [6, 6.07) is 5.25. The van der Waals surface area contributed by atoms with Crippen LogP contribution in [0, 0.1) is 0 Å². The summed E-state index contributed by atoms with van der Waals surface area (Å²) in [6.07, 6.45) is -1.88. The van der Waals surface area contributed by atoms with Gasteiger partial charge in [0.05, 0.1) is 5.56 Å². The van der Waals surface area contributed by atoms with Gasteiger partial charge >= 0.3 is 6.18 Å². The Balaban J connectivity index is 2.56. The Bertz CT molecular complexity index is 523. The molecule has 6 heteroatoms. The third-order valence-electron chi connectivity index (χ3n) is 2.16. The molecule has 2 aromatic rings. The average Bonchev–Trinajstić information content (AvgIpc) is 2.29. The molecule has 0 aliphatic heterocycles. The van der Waals surface area contributed by atoms with E-state index in [-0.39, 0.29) is 16.4 Å². The lowest BCUT2D eigenvalue weighted by Crippen LogP contribution is -2.07. The third kappa shape index (κ3) is 2.55. The second kappa shape index (κ2) is 4.33. The van der Waals surface area contributed by atoms with Crippen molar-refractivity contribution in [1.82, 2.24) is 9.97 Å². The maximum atomic E-state index is 12.7. The summed E-state index contributed by atoms with van der Waals surface area (Å²) in [7, 11) is 0. The Hall–Kier alpha value is -1.62. The van der Waals surface area contributed by atoms with Crippen molar-refractivity contribution in [2.75, 3.05) is 0 Å². The molecule has 0 saturated heterocycles. The molecule has 0 unspecified atom stereocenters. The van der Waals surface area contributed by atoms with E-state index in [9.17, 15) is 13.2 Å². The fourth-order valence-electron chi connectivity index (χ4n) is 1.43. The van der Waals surface area contributed by atoms with Crippen molar-refractivity contribution in [3.8, 4) is 11.1 Å². The number of halogens is 4. The highest BCUT2D eigenvalue weighted by Crippen LogP contribution is 2.36. The minimum Gasteiger partial charge on any atom is -0.226 e. The Morgan fingerprint density at radius 1 is 1.00 bits per heavy atom. The molecule has 0 aliphatic carbocycles. The molecule has 0 spiro atoms. The minimum atomic E-state index is -4.41. The summed E-state index contributed by atoms with van der Waals surface area (Å²) in [5.41, 5.74) is -0.398. The molecule has 2 rings (SSSR count). The topological polar surface area (TPSA) is 25.8 Å². The van der Waals surface area contributed by atoms with Crippen LogP contribution in [0.4, 0.5) is 13.2 Å². The molecule has 0 radical (unpaired) electrons. The van der Waals surface area contributed by atoms with Crippen LogP contribution < -0.4 is 0 Å². The van der Waals surface area contributed by atoms with Gasteiger partial charge in [-0.3, -0.25) is 0 Å². The quantitative estimate of drug-likeness (QED) is 0.727. The van der Waals surface area contributed by atoms with Crippen LogP contribution in [0.25, 0.3) is 11.1 Å². The molecule has 0 fully saturated rings. The van der Waals surface area contributed by atoms with Crippen molar-refractivity contribution in [3.63, 3.8) is 0 Å². The molecular weight excluding hydrogens is 253 g/mol. The van der Waals surface area contributed by atoms with E-state index >= 15 is 0 Å². The average molecular weight is 259 g/mol. The summed E-state index contributed by atoms with van der Waals surface area (Å²) in [5.74, 6) is 0. The number of aromatic nitrogens is 2. The lowest BCUT2D eigenvalue weighted by Gasteiger charge is -2.11. The van der Waals surface area contributed by atoms with Crippen LogP contribution in [0.1, 0.15) is 5.56 Å². The van der Waals surface area contributed by atoms with E-state index in [0.29, 0.717) is 0 Å². The zero-order valence-electron chi connectivity index (χ0n) is 8.37. The first-order valence-electron chi connectivity index (χ1n) is 4.62. The third-order valence-corrected chi connectivity index (χ3v) is 2.36. The normalized spacial score (nSPS) is 11.5. The molecule has 0 bridgehead atoms. The summed E-state index contributed by atoms with van der Waals surface area (Å²) >= 11 is 5.48. The van der Waals surface area contributed by atoms with Gasteiger partial charge in [-0.15, -0.1) is 0 Å². The highest BCUT2D eigenvalue weighted by molar-refractivity contribution is 6.28. The van der Waals surface area contributed by atoms with Gasteiger partial charge in [0.25, 0.3) is 0 Å². The van der Waals surface area contributed by atoms with E-state index in [1.807, 2.05) is 0 Å². The van der Waals surface area contributed by atoms with Gasteiger partial charge in [-0.1, -0.05) is 18.2 Å². The summed E-state index contributed by atoms with van der Waals surface area (Å²) in [6.45, 7) is 0. The van der Waals surface area contributed by atoms with E-state index in [2.05, 4.69) is 9.97 Å². The number of nitrogens with zero attached hydrogens (tertiary/aromatic N) is 2. The van der Waals surface area contributed by atoms with E-state index in [0.717, 1.165) is 6.07 Å². The van der Waals surface area contributed by atoms with E-state index in [4.69, 9.17) is 11.6 Å². The maximum absolute atomic E-state index is 12.7. The maximum Gasteiger partial charge on any atom is 0.417 e. The molecule has 0 atom stereocenters. The molecule has 17 heavy (non-hydrogen) atoms. The number of hydrogen-bond acceptors (Lipinski definition) is 2. The molecule has 0 aliphatic rings. The molecule has 1 aromatic heterocycles. The van der Waals surface area contributed by atoms with Gasteiger partial charge in [0.1, 0.15) is 0 Å². The highest BCUT2D eigenvalue weighted by Gasteiger charge is 2.33. The fourth-order valence-corrected chi connectivity index (χ4v) is 1.53. The fraction of sp³-hybridized carbons (Fsp3) is 0.0909. The molecule has 88 valence electrons. The summed E-state index contributed by atoms with van der Waals surface area (Å²) < 4.78 is 38.2.